The second-order valence-corrected chi connectivity index (χ2v) is 3.52. The van der Waals surface area contributed by atoms with Crippen LogP contribution in [0.4, 0.5) is 0 Å². The lowest BCUT2D eigenvalue weighted by Gasteiger charge is -2.18. The van der Waals surface area contributed by atoms with Crippen LogP contribution < -0.4 is 0 Å². The molecule has 0 aromatic rings. The van der Waals surface area contributed by atoms with E-state index < -0.39 is 0 Å². The molecule has 0 heterocycles. The van der Waals surface area contributed by atoms with E-state index in [1.807, 2.05) is 6.92 Å². The number of carbonyl (C=O) groups excluding carboxylic acids is 1. The maximum Gasteiger partial charge on any atom is 0.140 e. The zero-order valence-electron chi connectivity index (χ0n) is 6.22. The van der Waals surface area contributed by atoms with Gasteiger partial charge in [0.1, 0.15) is 5.78 Å². The fraction of sp³-hybridized carbons (Fsp3) is 0.750. The molecule has 2 heteroatoms. The first-order valence-corrected chi connectivity index (χ1v) is 4.16. The highest BCUT2D eigenvalue weighted by Gasteiger charge is 2.22. The van der Waals surface area contributed by atoms with E-state index >= 15 is 0 Å². The van der Waals surface area contributed by atoms with Crippen LogP contribution >= 0.6 is 12.2 Å². The summed E-state index contributed by atoms with van der Waals surface area (Å²) in [4.78, 5) is 12.0. The molecule has 0 radical (unpaired) electrons. The third-order valence-corrected chi connectivity index (χ3v) is 2.33. The van der Waals surface area contributed by atoms with E-state index in [9.17, 15) is 4.79 Å². The Labute approximate surface area is 66.8 Å². The van der Waals surface area contributed by atoms with E-state index in [1.165, 1.54) is 6.42 Å². The van der Waals surface area contributed by atoms with Crippen molar-refractivity contribution in [3.8, 4) is 0 Å². The zero-order chi connectivity index (χ0) is 7.56. The molecule has 0 aliphatic heterocycles. The minimum atomic E-state index is 0.115. The van der Waals surface area contributed by atoms with Crippen LogP contribution in [-0.4, -0.2) is 10.6 Å². The van der Waals surface area contributed by atoms with Gasteiger partial charge < -0.3 is 0 Å². The molecular formula is C8H12OS. The molecule has 10 heavy (non-hydrogen) atoms. The molecule has 1 atom stereocenters. The average molecular weight is 156 g/mol. The highest BCUT2D eigenvalue weighted by atomic mass is 32.1. The summed E-state index contributed by atoms with van der Waals surface area (Å²) < 4.78 is 0. The van der Waals surface area contributed by atoms with Crippen molar-refractivity contribution in [3.05, 3.63) is 0 Å². The Hall–Kier alpha value is -0.240. The molecule has 0 saturated heterocycles. The van der Waals surface area contributed by atoms with Crippen molar-refractivity contribution in [2.24, 2.45) is 5.92 Å². The molecule has 56 valence electrons. The maximum atomic E-state index is 11.1. The average Bonchev–Trinajstić information content (AvgIpc) is 1.88. The summed E-state index contributed by atoms with van der Waals surface area (Å²) in [6.07, 6.45) is 3.98. The van der Waals surface area contributed by atoms with Gasteiger partial charge in [0, 0.05) is 17.2 Å². The molecular weight excluding hydrogens is 144 g/mol. The lowest BCUT2D eigenvalue weighted by atomic mass is 9.86. The van der Waals surface area contributed by atoms with Crippen LogP contribution in [0.1, 0.15) is 32.6 Å². The summed E-state index contributed by atoms with van der Waals surface area (Å²) in [7, 11) is 0. The second-order valence-electron chi connectivity index (χ2n) is 2.88. The smallest absolute Gasteiger partial charge is 0.140 e. The number of Topliss-reactive ketones (excluding diaryl/α,β-unsaturated/α-hetero) is 1. The summed E-state index contributed by atoms with van der Waals surface area (Å²) >= 11 is 4.97. The van der Waals surface area contributed by atoms with Crippen LogP contribution in [0.2, 0.25) is 0 Å². The summed E-state index contributed by atoms with van der Waals surface area (Å²) in [5.41, 5.74) is 0. The first-order chi connectivity index (χ1) is 4.72. The van der Waals surface area contributed by atoms with Gasteiger partial charge in [-0.25, -0.2) is 0 Å². The Kier molecular flexibility index (Phi) is 2.55. The van der Waals surface area contributed by atoms with Gasteiger partial charge in [-0.05, 0) is 19.8 Å². The number of hydrogen-bond donors (Lipinski definition) is 0. The van der Waals surface area contributed by atoms with Gasteiger partial charge in [0.2, 0.25) is 0 Å². The quantitative estimate of drug-likeness (QED) is 0.541. The summed E-state index contributed by atoms with van der Waals surface area (Å²) in [6, 6.07) is 0. The zero-order valence-corrected chi connectivity index (χ0v) is 7.04. The Morgan fingerprint density at radius 1 is 1.60 bits per heavy atom. The second kappa shape index (κ2) is 3.24. The monoisotopic (exact) mass is 156 g/mol. The minimum Gasteiger partial charge on any atom is -0.299 e. The predicted molar refractivity (Wildman–Crippen MR) is 45.2 cm³/mol. The Morgan fingerprint density at radius 3 is 2.70 bits per heavy atom. The van der Waals surface area contributed by atoms with Crippen LogP contribution in [0.5, 0.6) is 0 Å². The lowest BCUT2D eigenvalue weighted by Crippen LogP contribution is -2.23. The predicted octanol–water partition coefficient (Wildman–Crippen LogP) is 2.14. The lowest BCUT2D eigenvalue weighted by molar-refractivity contribution is -0.122. The molecule has 0 aromatic heterocycles. The summed E-state index contributed by atoms with van der Waals surface area (Å²) in [5, 5.41) is 0. The molecule has 1 aliphatic carbocycles. The van der Waals surface area contributed by atoms with Gasteiger partial charge >= 0.3 is 0 Å². The van der Waals surface area contributed by atoms with Crippen molar-refractivity contribution in [1.82, 2.24) is 0 Å². The molecule has 0 aromatic carbocycles. The molecule has 1 nitrogen and oxygen atoms in total. The van der Waals surface area contributed by atoms with E-state index in [4.69, 9.17) is 12.2 Å². The van der Waals surface area contributed by atoms with Gasteiger partial charge in [0.15, 0.2) is 0 Å². The number of carbonyl (C=O) groups is 1. The largest absolute Gasteiger partial charge is 0.299 e. The van der Waals surface area contributed by atoms with Crippen LogP contribution in [0.25, 0.3) is 0 Å². The van der Waals surface area contributed by atoms with Crippen molar-refractivity contribution in [2.75, 3.05) is 0 Å². The van der Waals surface area contributed by atoms with Gasteiger partial charge in [-0.1, -0.05) is 18.6 Å². The van der Waals surface area contributed by atoms with E-state index in [2.05, 4.69) is 0 Å². The highest BCUT2D eigenvalue weighted by molar-refractivity contribution is 7.80. The topological polar surface area (TPSA) is 17.1 Å². The standard InChI is InChI=1S/C8H12OS/c1-6(10)7-4-2-3-5-8(7)9/h7H,2-5H2,1H3. The van der Waals surface area contributed by atoms with E-state index in [-0.39, 0.29) is 5.92 Å². The van der Waals surface area contributed by atoms with Crippen molar-refractivity contribution in [2.45, 2.75) is 32.6 Å². The van der Waals surface area contributed by atoms with Gasteiger partial charge in [-0.3, -0.25) is 4.79 Å². The summed E-state index contributed by atoms with van der Waals surface area (Å²) in [6.45, 7) is 1.88. The highest BCUT2D eigenvalue weighted by Crippen LogP contribution is 2.21. The minimum absolute atomic E-state index is 0.115. The van der Waals surface area contributed by atoms with Crippen LogP contribution in [0.15, 0.2) is 0 Å². The third-order valence-electron chi connectivity index (χ3n) is 2.05. The van der Waals surface area contributed by atoms with Crippen LogP contribution in [-0.2, 0) is 4.79 Å². The molecule has 0 bridgehead atoms. The van der Waals surface area contributed by atoms with Crippen LogP contribution in [0.3, 0.4) is 0 Å². The third kappa shape index (κ3) is 1.63. The van der Waals surface area contributed by atoms with Crippen molar-refractivity contribution < 1.29 is 4.79 Å². The molecule has 0 amide bonds. The number of ketones is 1. The Bertz CT molecular complexity index is 163. The summed E-state index contributed by atoms with van der Waals surface area (Å²) in [5.74, 6) is 0.475. The first-order valence-electron chi connectivity index (χ1n) is 3.75. The van der Waals surface area contributed by atoms with Gasteiger partial charge in [-0.2, -0.15) is 0 Å². The van der Waals surface area contributed by atoms with Crippen molar-refractivity contribution in [1.29, 1.82) is 0 Å². The molecule has 1 unspecified atom stereocenters. The van der Waals surface area contributed by atoms with Gasteiger partial charge in [0.25, 0.3) is 0 Å². The Morgan fingerprint density at radius 2 is 2.30 bits per heavy atom. The van der Waals surface area contributed by atoms with E-state index in [0.717, 1.165) is 24.1 Å². The van der Waals surface area contributed by atoms with E-state index in [0.29, 0.717) is 5.78 Å². The normalized spacial score (nSPS) is 26.5. The SMILES string of the molecule is CC(=S)C1CCCCC1=O. The fourth-order valence-corrected chi connectivity index (χ4v) is 1.66. The maximum absolute atomic E-state index is 11.1. The van der Waals surface area contributed by atoms with Crippen molar-refractivity contribution >= 4 is 22.9 Å². The number of rotatable bonds is 1. The van der Waals surface area contributed by atoms with Gasteiger partial charge in [-0.15, -0.1) is 0 Å². The Balaban J connectivity index is 2.56. The molecule has 1 fully saturated rings. The van der Waals surface area contributed by atoms with E-state index in [1.54, 1.807) is 0 Å². The number of hydrogen-bond acceptors (Lipinski definition) is 2. The van der Waals surface area contributed by atoms with Crippen molar-refractivity contribution in [3.63, 3.8) is 0 Å². The number of thiocarbonyl (C=S) groups is 1. The van der Waals surface area contributed by atoms with Gasteiger partial charge in [0.05, 0.1) is 0 Å². The molecule has 0 spiro atoms. The molecule has 0 N–H and O–H groups in total. The molecule has 1 rings (SSSR count). The van der Waals surface area contributed by atoms with Crippen LogP contribution in [0, 0.1) is 5.92 Å². The fourth-order valence-electron chi connectivity index (χ4n) is 1.41. The molecule has 1 aliphatic rings. The first kappa shape index (κ1) is 7.86. The molecule has 1 saturated carbocycles.